The van der Waals surface area contributed by atoms with Crippen LogP contribution in [0.25, 0.3) is 0 Å². The summed E-state index contributed by atoms with van der Waals surface area (Å²) in [5.41, 5.74) is 0.939. The molecule has 0 aromatic heterocycles. The smallest absolute Gasteiger partial charge is 0.242 e. The Balaban J connectivity index is 2.91. The van der Waals surface area contributed by atoms with Crippen molar-refractivity contribution in [1.82, 2.24) is 10.2 Å². The second-order valence-electron chi connectivity index (χ2n) is 5.72. The van der Waals surface area contributed by atoms with Gasteiger partial charge in [-0.05, 0) is 38.0 Å². The minimum Gasteiger partial charge on any atom is -0.497 e. The average Bonchev–Trinajstić information content (AvgIpc) is 2.58. The maximum Gasteiger partial charge on any atom is 0.242 e. The Kier molecular flexibility index (Phi) is 7.59. The molecule has 0 aliphatic heterocycles. The highest BCUT2D eigenvalue weighted by Gasteiger charge is 2.25. The maximum atomic E-state index is 12.4. The molecule has 5 heteroatoms. The van der Waals surface area contributed by atoms with Crippen molar-refractivity contribution in [2.24, 2.45) is 0 Å². The summed E-state index contributed by atoms with van der Waals surface area (Å²) in [6.07, 6.45) is 1.22. The molecule has 1 aromatic rings. The third kappa shape index (κ3) is 5.58. The van der Waals surface area contributed by atoms with Gasteiger partial charge >= 0.3 is 0 Å². The van der Waals surface area contributed by atoms with E-state index in [9.17, 15) is 9.59 Å². The van der Waals surface area contributed by atoms with Crippen molar-refractivity contribution in [2.45, 2.75) is 59.2 Å². The highest BCUT2D eigenvalue weighted by atomic mass is 16.5. The molecule has 2 atom stereocenters. The van der Waals surface area contributed by atoms with Crippen LogP contribution < -0.4 is 10.1 Å². The largest absolute Gasteiger partial charge is 0.497 e. The van der Waals surface area contributed by atoms with Crippen LogP contribution in [0.3, 0.4) is 0 Å². The van der Waals surface area contributed by atoms with Crippen LogP contribution in [-0.2, 0) is 16.1 Å². The van der Waals surface area contributed by atoms with Crippen molar-refractivity contribution < 1.29 is 14.3 Å². The van der Waals surface area contributed by atoms with Crippen LogP contribution in [0.15, 0.2) is 24.3 Å². The van der Waals surface area contributed by atoms with Gasteiger partial charge in [0.2, 0.25) is 11.8 Å². The number of hydrogen-bond acceptors (Lipinski definition) is 3. The van der Waals surface area contributed by atoms with Crippen LogP contribution in [0.2, 0.25) is 0 Å². The SMILES string of the molecule is CCC(=O)N(Cc1cccc(OC)c1)[C@H](C)C(=O)N[C@@H](C)CC. The number of nitrogens with zero attached hydrogens (tertiary/aromatic N) is 1. The van der Waals surface area contributed by atoms with E-state index < -0.39 is 6.04 Å². The van der Waals surface area contributed by atoms with E-state index in [4.69, 9.17) is 4.74 Å². The Morgan fingerprint density at radius 2 is 1.96 bits per heavy atom. The van der Waals surface area contributed by atoms with E-state index in [1.165, 1.54) is 0 Å². The summed E-state index contributed by atoms with van der Waals surface area (Å²) in [6, 6.07) is 7.14. The lowest BCUT2D eigenvalue weighted by atomic mass is 10.1. The Labute approximate surface area is 139 Å². The van der Waals surface area contributed by atoms with E-state index in [-0.39, 0.29) is 17.9 Å². The van der Waals surface area contributed by atoms with Crippen LogP contribution in [0.1, 0.15) is 46.1 Å². The first-order valence-electron chi connectivity index (χ1n) is 8.15. The van der Waals surface area contributed by atoms with E-state index in [1.54, 1.807) is 25.9 Å². The Morgan fingerprint density at radius 1 is 1.26 bits per heavy atom. The van der Waals surface area contributed by atoms with Gasteiger partial charge in [0.1, 0.15) is 11.8 Å². The zero-order chi connectivity index (χ0) is 17.4. The molecular weight excluding hydrogens is 292 g/mol. The number of benzene rings is 1. The summed E-state index contributed by atoms with van der Waals surface area (Å²) in [5.74, 6) is 0.576. The van der Waals surface area contributed by atoms with Gasteiger partial charge in [0.05, 0.1) is 7.11 Å². The molecule has 1 N–H and O–H groups in total. The first-order valence-corrected chi connectivity index (χ1v) is 8.15. The fraction of sp³-hybridized carbons (Fsp3) is 0.556. The lowest BCUT2D eigenvalue weighted by molar-refractivity contribution is -0.140. The minimum atomic E-state index is -0.511. The Bertz CT molecular complexity index is 531. The van der Waals surface area contributed by atoms with E-state index in [2.05, 4.69) is 5.32 Å². The minimum absolute atomic E-state index is 0.0420. The normalized spacial score (nSPS) is 13.1. The number of nitrogens with one attached hydrogen (secondary N) is 1. The third-order valence-electron chi connectivity index (χ3n) is 3.96. The maximum absolute atomic E-state index is 12.4. The van der Waals surface area contributed by atoms with Gasteiger partial charge in [-0.25, -0.2) is 0 Å². The molecule has 23 heavy (non-hydrogen) atoms. The quantitative estimate of drug-likeness (QED) is 0.801. The van der Waals surface area contributed by atoms with Crippen molar-refractivity contribution in [3.8, 4) is 5.75 Å². The van der Waals surface area contributed by atoms with Crippen molar-refractivity contribution in [3.63, 3.8) is 0 Å². The number of hydrogen-bond donors (Lipinski definition) is 1. The predicted octanol–water partition coefficient (Wildman–Crippen LogP) is 2.74. The second-order valence-corrected chi connectivity index (χ2v) is 5.72. The van der Waals surface area contributed by atoms with Crippen LogP contribution in [0.4, 0.5) is 0 Å². The van der Waals surface area contributed by atoms with Gasteiger partial charge in [0, 0.05) is 19.0 Å². The zero-order valence-corrected chi connectivity index (χ0v) is 14.8. The van der Waals surface area contributed by atoms with E-state index >= 15 is 0 Å². The highest BCUT2D eigenvalue weighted by Crippen LogP contribution is 2.16. The van der Waals surface area contributed by atoms with Gasteiger partial charge in [-0.2, -0.15) is 0 Å². The molecule has 2 amide bonds. The summed E-state index contributed by atoms with van der Waals surface area (Å²) in [6.45, 7) is 7.93. The molecule has 128 valence electrons. The summed E-state index contributed by atoms with van der Waals surface area (Å²) in [4.78, 5) is 26.3. The molecule has 0 spiro atoms. The molecule has 0 heterocycles. The summed E-state index contributed by atoms with van der Waals surface area (Å²) in [7, 11) is 1.61. The van der Waals surface area contributed by atoms with Gasteiger partial charge in [0.15, 0.2) is 0 Å². The molecule has 0 saturated heterocycles. The lowest BCUT2D eigenvalue weighted by Gasteiger charge is -2.29. The van der Waals surface area contributed by atoms with Crippen molar-refractivity contribution >= 4 is 11.8 Å². The van der Waals surface area contributed by atoms with Gasteiger partial charge in [-0.15, -0.1) is 0 Å². The molecule has 0 saturated carbocycles. The number of ether oxygens (including phenoxy) is 1. The fourth-order valence-electron chi connectivity index (χ4n) is 2.22. The summed E-state index contributed by atoms with van der Waals surface area (Å²) < 4.78 is 5.22. The van der Waals surface area contributed by atoms with Gasteiger partial charge in [-0.3, -0.25) is 9.59 Å². The molecule has 5 nitrogen and oxygen atoms in total. The standard InChI is InChI=1S/C18H28N2O3/c1-6-13(3)19-18(22)14(4)20(17(21)7-2)12-15-9-8-10-16(11-15)23-5/h8-11,13-14H,6-7,12H2,1-5H3,(H,19,22)/t13-,14+/m0/s1. The highest BCUT2D eigenvalue weighted by molar-refractivity contribution is 5.87. The number of carbonyl (C=O) groups excluding carboxylic acids is 2. The number of amides is 2. The molecule has 1 rings (SSSR count). The molecule has 0 radical (unpaired) electrons. The average molecular weight is 320 g/mol. The zero-order valence-electron chi connectivity index (χ0n) is 14.8. The number of carbonyl (C=O) groups is 2. The number of rotatable bonds is 8. The first-order chi connectivity index (χ1) is 10.9. The Hall–Kier alpha value is -2.04. The summed E-state index contributed by atoms with van der Waals surface area (Å²) in [5, 5.41) is 2.94. The monoisotopic (exact) mass is 320 g/mol. The number of methoxy groups -OCH3 is 1. The second kappa shape index (κ2) is 9.18. The van der Waals surface area contributed by atoms with Crippen molar-refractivity contribution in [3.05, 3.63) is 29.8 Å². The van der Waals surface area contributed by atoms with Crippen LogP contribution in [0, 0.1) is 0 Å². The van der Waals surface area contributed by atoms with Crippen molar-refractivity contribution in [1.29, 1.82) is 0 Å². The molecular formula is C18H28N2O3. The van der Waals surface area contributed by atoms with E-state index in [0.29, 0.717) is 13.0 Å². The van der Waals surface area contributed by atoms with E-state index in [0.717, 1.165) is 17.7 Å². The van der Waals surface area contributed by atoms with Crippen LogP contribution >= 0.6 is 0 Å². The fourth-order valence-corrected chi connectivity index (χ4v) is 2.22. The van der Waals surface area contributed by atoms with Gasteiger partial charge in [0.25, 0.3) is 0 Å². The molecule has 0 unspecified atom stereocenters. The molecule has 0 fully saturated rings. The van der Waals surface area contributed by atoms with Crippen LogP contribution in [0.5, 0.6) is 5.75 Å². The molecule has 0 aliphatic carbocycles. The first kappa shape index (κ1) is 19.0. The summed E-state index contributed by atoms with van der Waals surface area (Å²) >= 11 is 0. The molecule has 0 bridgehead atoms. The van der Waals surface area contributed by atoms with Gasteiger partial charge < -0.3 is 15.0 Å². The van der Waals surface area contributed by atoms with Gasteiger partial charge in [-0.1, -0.05) is 26.0 Å². The Morgan fingerprint density at radius 3 is 2.52 bits per heavy atom. The van der Waals surface area contributed by atoms with E-state index in [1.807, 2.05) is 38.1 Å². The van der Waals surface area contributed by atoms with Crippen molar-refractivity contribution in [2.75, 3.05) is 7.11 Å². The van der Waals surface area contributed by atoms with Crippen LogP contribution in [-0.4, -0.2) is 35.9 Å². The third-order valence-corrected chi connectivity index (χ3v) is 3.96. The lowest BCUT2D eigenvalue weighted by Crippen LogP contribution is -2.49. The predicted molar refractivity (Wildman–Crippen MR) is 91.2 cm³/mol. The molecule has 1 aromatic carbocycles. The molecule has 0 aliphatic rings. The topological polar surface area (TPSA) is 58.6 Å².